The van der Waals surface area contributed by atoms with Gasteiger partial charge < -0.3 is 10.8 Å². The summed E-state index contributed by atoms with van der Waals surface area (Å²) in [6.45, 7) is 0.00372. The second kappa shape index (κ2) is 5.35. The molecule has 19 heavy (non-hydrogen) atoms. The lowest BCUT2D eigenvalue weighted by atomic mass is 10.2. The van der Waals surface area contributed by atoms with Crippen molar-refractivity contribution in [3.63, 3.8) is 0 Å². The Morgan fingerprint density at radius 1 is 1.53 bits per heavy atom. The topological polar surface area (TPSA) is 83.6 Å². The zero-order chi connectivity index (χ0) is 14.2. The van der Waals surface area contributed by atoms with Gasteiger partial charge in [-0.15, -0.1) is 0 Å². The first-order chi connectivity index (χ1) is 8.87. The van der Waals surface area contributed by atoms with Crippen LogP contribution in [0, 0.1) is 5.82 Å². The molecule has 0 spiro atoms. The molecule has 1 aliphatic rings. The highest BCUT2D eigenvalue weighted by atomic mass is 79.9. The number of hydrogen-bond acceptors (Lipinski definition) is 4. The van der Waals surface area contributed by atoms with E-state index in [0.717, 1.165) is 10.4 Å². The maximum Gasteiger partial charge on any atom is 0.246 e. The van der Waals surface area contributed by atoms with Gasteiger partial charge in [0.15, 0.2) is 5.82 Å². The Hall–Kier alpha value is -0.700. The van der Waals surface area contributed by atoms with E-state index in [1.165, 1.54) is 6.07 Å². The zero-order valence-corrected chi connectivity index (χ0v) is 12.4. The molecule has 1 aliphatic heterocycles. The van der Waals surface area contributed by atoms with Crippen LogP contribution >= 0.6 is 15.9 Å². The van der Waals surface area contributed by atoms with Crippen molar-refractivity contribution >= 4 is 31.6 Å². The standard InChI is InChI=1S/C11H14BrFN2O3S/c12-9-4-7(14)5-10(11(9)13)19(17,18)15-3-1-2-8(15)6-16/h4-5,8,16H,1-3,6,14H2/t8-/m1/s1. The second-order valence-electron chi connectivity index (χ2n) is 4.41. The van der Waals surface area contributed by atoms with Crippen LogP contribution in [0.2, 0.25) is 0 Å². The fourth-order valence-corrected chi connectivity index (χ4v) is 4.62. The van der Waals surface area contributed by atoms with Crippen molar-refractivity contribution < 1.29 is 17.9 Å². The van der Waals surface area contributed by atoms with E-state index in [-0.39, 0.29) is 23.3 Å². The van der Waals surface area contributed by atoms with Gasteiger partial charge in [0.05, 0.1) is 11.1 Å². The number of sulfonamides is 1. The maximum absolute atomic E-state index is 14.0. The fourth-order valence-electron chi connectivity index (χ4n) is 2.21. The lowest BCUT2D eigenvalue weighted by Gasteiger charge is -2.23. The molecule has 8 heteroatoms. The van der Waals surface area contributed by atoms with E-state index >= 15 is 0 Å². The minimum absolute atomic E-state index is 0.00539. The number of aliphatic hydroxyl groups excluding tert-OH is 1. The number of nitrogens with zero attached hydrogens (tertiary/aromatic N) is 1. The number of hydrogen-bond donors (Lipinski definition) is 2. The molecular formula is C11H14BrFN2O3S. The van der Waals surface area contributed by atoms with Gasteiger partial charge in [0.1, 0.15) is 4.90 Å². The van der Waals surface area contributed by atoms with Crippen LogP contribution in [0.15, 0.2) is 21.5 Å². The van der Waals surface area contributed by atoms with Crippen LogP contribution in [0.4, 0.5) is 10.1 Å². The summed E-state index contributed by atoms with van der Waals surface area (Å²) in [6.07, 6.45) is 1.22. The Balaban J connectivity index is 2.51. The van der Waals surface area contributed by atoms with Crippen molar-refractivity contribution in [1.82, 2.24) is 4.31 Å². The summed E-state index contributed by atoms with van der Waals surface area (Å²) in [5.41, 5.74) is 5.72. The molecule has 3 N–H and O–H groups in total. The van der Waals surface area contributed by atoms with Crippen LogP contribution in [0.5, 0.6) is 0 Å². The minimum atomic E-state index is -3.99. The molecule has 1 aromatic rings. The molecule has 0 aromatic heterocycles. The van der Waals surface area contributed by atoms with Crippen molar-refractivity contribution in [2.75, 3.05) is 18.9 Å². The summed E-state index contributed by atoms with van der Waals surface area (Å²) >= 11 is 2.94. The van der Waals surface area contributed by atoms with Gasteiger partial charge >= 0.3 is 0 Å². The van der Waals surface area contributed by atoms with E-state index in [9.17, 15) is 17.9 Å². The predicted octanol–water partition coefficient (Wildman–Crippen LogP) is 1.32. The molecule has 1 atom stereocenters. The Kier molecular flexibility index (Phi) is 4.14. The van der Waals surface area contributed by atoms with Crippen LogP contribution in [0.25, 0.3) is 0 Å². The average molecular weight is 353 g/mol. The molecule has 1 fully saturated rings. The third kappa shape index (κ3) is 2.62. The molecule has 0 unspecified atom stereocenters. The van der Waals surface area contributed by atoms with Crippen LogP contribution in [-0.2, 0) is 10.0 Å². The summed E-state index contributed by atoms with van der Waals surface area (Å²) in [4.78, 5) is -0.459. The summed E-state index contributed by atoms with van der Waals surface area (Å²) in [5, 5.41) is 9.19. The SMILES string of the molecule is Nc1cc(Br)c(F)c(S(=O)(=O)N2CCC[C@@H]2CO)c1. The number of halogens is 2. The third-order valence-corrected chi connectivity index (χ3v) is 5.67. The van der Waals surface area contributed by atoms with E-state index in [2.05, 4.69) is 15.9 Å². The van der Waals surface area contributed by atoms with Crippen molar-refractivity contribution in [3.05, 3.63) is 22.4 Å². The van der Waals surface area contributed by atoms with Crippen LogP contribution in [0.1, 0.15) is 12.8 Å². The minimum Gasteiger partial charge on any atom is -0.399 e. The lowest BCUT2D eigenvalue weighted by Crippen LogP contribution is -2.38. The van der Waals surface area contributed by atoms with Gasteiger partial charge in [0, 0.05) is 18.3 Å². The Labute approximate surface area is 119 Å². The molecule has 1 saturated heterocycles. The summed E-state index contributed by atoms with van der Waals surface area (Å²) < 4.78 is 40.0. The molecule has 0 bridgehead atoms. The first-order valence-electron chi connectivity index (χ1n) is 5.75. The van der Waals surface area contributed by atoms with Crippen molar-refractivity contribution in [1.29, 1.82) is 0 Å². The largest absolute Gasteiger partial charge is 0.399 e. The summed E-state index contributed by atoms with van der Waals surface area (Å²) in [5.74, 6) is -0.863. The average Bonchev–Trinajstić information content (AvgIpc) is 2.82. The summed E-state index contributed by atoms with van der Waals surface area (Å²) in [7, 11) is -3.99. The molecule has 2 rings (SSSR count). The smallest absolute Gasteiger partial charge is 0.246 e. The monoisotopic (exact) mass is 352 g/mol. The van der Waals surface area contributed by atoms with E-state index in [4.69, 9.17) is 5.73 Å². The Morgan fingerprint density at radius 2 is 2.21 bits per heavy atom. The number of anilines is 1. The quantitative estimate of drug-likeness (QED) is 0.803. The number of rotatable bonds is 3. The van der Waals surface area contributed by atoms with E-state index < -0.39 is 26.8 Å². The molecule has 0 aliphatic carbocycles. The van der Waals surface area contributed by atoms with Gasteiger partial charge in [-0.25, -0.2) is 12.8 Å². The Morgan fingerprint density at radius 3 is 2.84 bits per heavy atom. The van der Waals surface area contributed by atoms with Gasteiger partial charge in [-0.1, -0.05) is 0 Å². The molecule has 106 valence electrons. The molecule has 1 heterocycles. The van der Waals surface area contributed by atoms with Crippen LogP contribution in [0.3, 0.4) is 0 Å². The van der Waals surface area contributed by atoms with Gasteiger partial charge in [-0.2, -0.15) is 4.31 Å². The predicted molar refractivity (Wildman–Crippen MR) is 72.5 cm³/mol. The fraction of sp³-hybridized carbons (Fsp3) is 0.455. The number of benzene rings is 1. The van der Waals surface area contributed by atoms with E-state index in [1.807, 2.05) is 0 Å². The van der Waals surface area contributed by atoms with Crippen molar-refractivity contribution in [3.8, 4) is 0 Å². The molecule has 0 amide bonds. The van der Waals surface area contributed by atoms with Gasteiger partial charge in [0.25, 0.3) is 0 Å². The molecule has 5 nitrogen and oxygen atoms in total. The molecule has 0 radical (unpaired) electrons. The number of aliphatic hydroxyl groups is 1. The lowest BCUT2D eigenvalue weighted by molar-refractivity contribution is 0.213. The molecule has 1 aromatic carbocycles. The number of nitrogens with two attached hydrogens (primary N) is 1. The first-order valence-corrected chi connectivity index (χ1v) is 7.98. The van der Waals surface area contributed by atoms with Crippen LogP contribution in [-0.4, -0.2) is 37.0 Å². The summed E-state index contributed by atoms with van der Waals surface area (Å²) in [6, 6.07) is 1.91. The van der Waals surface area contributed by atoms with E-state index in [0.29, 0.717) is 12.8 Å². The highest BCUT2D eigenvalue weighted by Gasteiger charge is 2.36. The van der Waals surface area contributed by atoms with Crippen LogP contribution < -0.4 is 5.73 Å². The Bertz CT molecular complexity index is 594. The van der Waals surface area contributed by atoms with Gasteiger partial charge in [-0.05, 0) is 40.9 Å². The third-order valence-electron chi connectivity index (χ3n) is 3.14. The highest BCUT2D eigenvalue weighted by molar-refractivity contribution is 9.10. The molecule has 0 saturated carbocycles. The van der Waals surface area contributed by atoms with Gasteiger partial charge in [0.2, 0.25) is 10.0 Å². The highest BCUT2D eigenvalue weighted by Crippen LogP contribution is 2.31. The molecular weight excluding hydrogens is 339 g/mol. The normalized spacial score (nSPS) is 20.9. The zero-order valence-electron chi connectivity index (χ0n) is 10.0. The maximum atomic E-state index is 14.0. The second-order valence-corrected chi connectivity index (χ2v) is 7.12. The first kappa shape index (κ1) is 14.7. The number of nitrogen functional groups attached to an aromatic ring is 1. The van der Waals surface area contributed by atoms with E-state index in [1.54, 1.807) is 0 Å². The van der Waals surface area contributed by atoms with Crippen molar-refractivity contribution in [2.24, 2.45) is 0 Å². The van der Waals surface area contributed by atoms with Crippen molar-refractivity contribution in [2.45, 2.75) is 23.8 Å². The van der Waals surface area contributed by atoms with Gasteiger partial charge in [-0.3, -0.25) is 0 Å².